The van der Waals surface area contributed by atoms with Crippen molar-refractivity contribution in [1.29, 1.82) is 0 Å². The lowest BCUT2D eigenvalue weighted by molar-refractivity contribution is -0.115. The maximum atomic E-state index is 12.8. The monoisotopic (exact) mass is 384 g/mol. The summed E-state index contributed by atoms with van der Waals surface area (Å²) in [6.07, 6.45) is 0. The fraction of sp³-hybridized carbons (Fsp3) is 0.300. The Balaban J connectivity index is 1.49. The predicted octanol–water partition coefficient (Wildman–Crippen LogP) is 3.16. The molecule has 1 N–H and O–H groups in total. The Bertz CT molecular complexity index is 915. The van der Waals surface area contributed by atoms with Crippen molar-refractivity contribution < 1.29 is 19.1 Å². The molecule has 27 heavy (non-hydrogen) atoms. The smallest absolute Gasteiger partial charge is 0.253 e. The number of benzene rings is 2. The van der Waals surface area contributed by atoms with E-state index in [4.69, 9.17) is 9.47 Å². The first-order chi connectivity index (χ1) is 13.0. The summed E-state index contributed by atoms with van der Waals surface area (Å²) >= 11 is 1.50. The molecule has 2 aliphatic rings. The van der Waals surface area contributed by atoms with Gasteiger partial charge in [-0.2, -0.15) is 0 Å². The van der Waals surface area contributed by atoms with Crippen LogP contribution in [0.15, 0.2) is 41.3 Å². The highest BCUT2D eigenvalue weighted by Crippen LogP contribution is 2.36. The molecule has 0 saturated carbocycles. The van der Waals surface area contributed by atoms with Gasteiger partial charge in [0.25, 0.3) is 5.91 Å². The van der Waals surface area contributed by atoms with Crippen molar-refractivity contribution in [2.24, 2.45) is 0 Å². The van der Waals surface area contributed by atoms with E-state index in [1.807, 2.05) is 31.2 Å². The normalized spacial score (nSPS) is 17.7. The average Bonchev–Trinajstić information content (AvgIpc) is 2.68. The van der Waals surface area contributed by atoms with Crippen molar-refractivity contribution in [3.63, 3.8) is 0 Å². The summed E-state index contributed by atoms with van der Waals surface area (Å²) in [5.41, 5.74) is 2.21. The van der Waals surface area contributed by atoms with E-state index in [-0.39, 0.29) is 17.1 Å². The molecule has 1 atom stereocenters. The van der Waals surface area contributed by atoms with Crippen LogP contribution in [0.1, 0.15) is 22.8 Å². The van der Waals surface area contributed by atoms with Crippen LogP contribution in [0.5, 0.6) is 11.5 Å². The zero-order chi connectivity index (χ0) is 19.0. The SMILES string of the molecule is C[C@H]1Sc2ccc(C(=O)N(C)Cc3ccc4c(c3)OCCO4)cc2NC1=O. The first kappa shape index (κ1) is 17.7. The van der Waals surface area contributed by atoms with Crippen molar-refractivity contribution in [3.05, 3.63) is 47.5 Å². The van der Waals surface area contributed by atoms with Crippen LogP contribution < -0.4 is 14.8 Å². The van der Waals surface area contributed by atoms with Gasteiger partial charge >= 0.3 is 0 Å². The second-order valence-corrected chi connectivity index (χ2v) is 7.98. The largest absolute Gasteiger partial charge is 0.486 e. The number of nitrogens with one attached hydrogen (secondary N) is 1. The van der Waals surface area contributed by atoms with Crippen LogP contribution >= 0.6 is 11.8 Å². The molecule has 0 bridgehead atoms. The predicted molar refractivity (Wildman–Crippen MR) is 104 cm³/mol. The lowest BCUT2D eigenvalue weighted by Gasteiger charge is -2.23. The molecule has 0 spiro atoms. The highest BCUT2D eigenvalue weighted by Gasteiger charge is 2.24. The van der Waals surface area contributed by atoms with Crippen molar-refractivity contribution in [2.75, 3.05) is 25.6 Å². The van der Waals surface area contributed by atoms with Crippen LogP contribution in [0.4, 0.5) is 5.69 Å². The Labute approximate surface area is 161 Å². The minimum Gasteiger partial charge on any atom is -0.486 e. The third-order valence-electron chi connectivity index (χ3n) is 4.53. The third kappa shape index (κ3) is 3.60. The third-order valence-corrected chi connectivity index (χ3v) is 5.71. The zero-order valence-electron chi connectivity index (χ0n) is 15.2. The maximum absolute atomic E-state index is 12.8. The Morgan fingerprint density at radius 2 is 1.96 bits per heavy atom. The number of carbonyl (C=O) groups excluding carboxylic acids is 2. The number of carbonyl (C=O) groups is 2. The summed E-state index contributed by atoms with van der Waals surface area (Å²) < 4.78 is 11.1. The number of anilines is 1. The number of ether oxygens (including phenoxy) is 2. The van der Waals surface area contributed by atoms with Gasteiger partial charge in [-0.3, -0.25) is 9.59 Å². The van der Waals surface area contributed by atoms with Crippen molar-refractivity contribution in [2.45, 2.75) is 23.6 Å². The number of hydrogen-bond donors (Lipinski definition) is 1. The quantitative estimate of drug-likeness (QED) is 0.880. The fourth-order valence-corrected chi connectivity index (χ4v) is 4.02. The Kier molecular flexibility index (Phi) is 4.70. The van der Waals surface area contributed by atoms with Gasteiger partial charge in [-0.25, -0.2) is 0 Å². The molecule has 0 unspecified atom stereocenters. The van der Waals surface area contributed by atoms with Gasteiger partial charge in [0.1, 0.15) is 13.2 Å². The summed E-state index contributed by atoms with van der Waals surface area (Å²) in [6, 6.07) is 11.1. The summed E-state index contributed by atoms with van der Waals surface area (Å²) in [6.45, 7) is 3.40. The molecule has 0 fully saturated rings. The van der Waals surface area contributed by atoms with Crippen LogP contribution in [0.2, 0.25) is 0 Å². The van der Waals surface area contributed by atoms with Crippen LogP contribution in [-0.4, -0.2) is 42.2 Å². The van der Waals surface area contributed by atoms with Crippen LogP contribution in [0.3, 0.4) is 0 Å². The van der Waals surface area contributed by atoms with Gasteiger partial charge in [-0.15, -0.1) is 11.8 Å². The molecular formula is C20H20N2O4S. The lowest BCUT2D eigenvalue weighted by atomic mass is 10.1. The zero-order valence-corrected chi connectivity index (χ0v) is 16.0. The molecule has 4 rings (SSSR count). The molecular weight excluding hydrogens is 364 g/mol. The van der Waals surface area contributed by atoms with Gasteiger partial charge in [0.15, 0.2) is 11.5 Å². The van der Waals surface area contributed by atoms with E-state index >= 15 is 0 Å². The first-order valence-electron chi connectivity index (χ1n) is 8.77. The molecule has 0 saturated heterocycles. The van der Waals surface area contributed by atoms with E-state index < -0.39 is 0 Å². The van der Waals surface area contributed by atoms with Gasteiger partial charge in [-0.05, 0) is 42.8 Å². The highest BCUT2D eigenvalue weighted by atomic mass is 32.2. The number of thioether (sulfide) groups is 1. The molecule has 2 amide bonds. The van der Waals surface area contributed by atoms with E-state index in [1.54, 1.807) is 24.1 Å². The van der Waals surface area contributed by atoms with E-state index in [0.29, 0.717) is 36.8 Å². The van der Waals surface area contributed by atoms with Gasteiger partial charge < -0.3 is 19.7 Å². The molecule has 6 nitrogen and oxygen atoms in total. The van der Waals surface area contributed by atoms with E-state index in [0.717, 1.165) is 16.2 Å². The topological polar surface area (TPSA) is 67.9 Å². The molecule has 2 aromatic rings. The fourth-order valence-electron chi connectivity index (χ4n) is 3.09. The summed E-state index contributed by atoms with van der Waals surface area (Å²) in [7, 11) is 1.76. The van der Waals surface area contributed by atoms with E-state index in [1.165, 1.54) is 11.8 Å². The molecule has 140 valence electrons. The summed E-state index contributed by atoms with van der Waals surface area (Å²) in [4.78, 5) is 27.3. The molecule has 2 heterocycles. The minimum absolute atomic E-state index is 0.0401. The molecule has 2 aromatic carbocycles. The van der Waals surface area contributed by atoms with Gasteiger partial charge in [-0.1, -0.05) is 6.07 Å². The Morgan fingerprint density at radius 3 is 2.78 bits per heavy atom. The second-order valence-electron chi connectivity index (χ2n) is 6.60. The van der Waals surface area contributed by atoms with Gasteiger partial charge in [0, 0.05) is 24.1 Å². The average molecular weight is 384 g/mol. The van der Waals surface area contributed by atoms with Gasteiger partial charge in [0.05, 0.1) is 10.9 Å². The number of fused-ring (bicyclic) bond motifs is 2. The van der Waals surface area contributed by atoms with Crippen molar-refractivity contribution >= 4 is 29.3 Å². The van der Waals surface area contributed by atoms with E-state index in [9.17, 15) is 9.59 Å². The molecule has 7 heteroatoms. The number of hydrogen-bond acceptors (Lipinski definition) is 5. The number of rotatable bonds is 3. The standard InChI is InChI=1S/C20H20N2O4S/c1-12-19(23)21-15-10-14(4-6-18(15)27-12)20(24)22(2)11-13-3-5-16-17(9-13)26-8-7-25-16/h3-6,9-10,12H,7-8,11H2,1-2H3,(H,21,23)/t12-/m1/s1. The van der Waals surface area contributed by atoms with Crippen LogP contribution in [0.25, 0.3) is 0 Å². The molecule has 0 radical (unpaired) electrons. The minimum atomic E-state index is -0.128. The summed E-state index contributed by atoms with van der Waals surface area (Å²) in [5.74, 6) is 1.30. The molecule has 0 aliphatic carbocycles. The number of amides is 2. The number of nitrogens with zero attached hydrogens (tertiary/aromatic N) is 1. The highest BCUT2D eigenvalue weighted by molar-refractivity contribution is 8.00. The first-order valence-corrected chi connectivity index (χ1v) is 9.65. The van der Waals surface area contributed by atoms with Crippen molar-refractivity contribution in [1.82, 2.24) is 4.90 Å². The maximum Gasteiger partial charge on any atom is 0.253 e. The van der Waals surface area contributed by atoms with E-state index in [2.05, 4.69) is 5.32 Å². The van der Waals surface area contributed by atoms with Crippen LogP contribution in [-0.2, 0) is 11.3 Å². The van der Waals surface area contributed by atoms with Gasteiger partial charge in [0.2, 0.25) is 5.91 Å². The molecule has 2 aliphatic heterocycles. The second kappa shape index (κ2) is 7.15. The molecule has 0 aromatic heterocycles. The Hall–Kier alpha value is -2.67. The Morgan fingerprint density at radius 1 is 1.19 bits per heavy atom. The summed E-state index contributed by atoms with van der Waals surface area (Å²) in [5, 5.41) is 2.74. The lowest BCUT2D eigenvalue weighted by Crippen LogP contribution is -2.28. The van der Waals surface area contributed by atoms with Crippen LogP contribution in [0, 0.1) is 0 Å². The van der Waals surface area contributed by atoms with Crippen molar-refractivity contribution in [3.8, 4) is 11.5 Å².